The second kappa shape index (κ2) is 5.39. The van der Waals surface area contributed by atoms with E-state index in [-0.39, 0.29) is 24.3 Å². The Bertz CT molecular complexity index is 215. The summed E-state index contributed by atoms with van der Waals surface area (Å²) < 4.78 is 38.6. The largest absolute Gasteiger partial charge is 0.392 e. The highest BCUT2D eigenvalue weighted by atomic mass is 19.4. The molecule has 1 saturated carbocycles. The molecule has 0 bridgehead atoms. The number of nitrogens with two attached hydrogens (primary N) is 1. The van der Waals surface area contributed by atoms with E-state index in [0.29, 0.717) is 12.8 Å². The molecule has 1 aliphatic carbocycles. The van der Waals surface area contributed by atoms with Crippen LogP contribution in [0.4, 0.5) is 13.2 Å². The van der Waals surface area contributed by atoms with Gasteiger partial charge in [0.1, 0.15) is 0 Å². The molecule has 16 heavy (non-hydrogen) atoms. The fourth-order valence-corrected chi connectivity index (χ4v) is 2.72. The van der Waals surface area contributed by atoms with Crippen LogP contribution in [0.5, 0.6) is 0 Å². The third kappa shape index (κ3) is 3.12. The number of halogens is 3. The summed E-state index contributed by atoms with van der Waals surface area (Å²) in [6.45, 7) is 3.93. The number of alkyl halides is 3. The Morgan fingerprint density at radius 1 is 1.25 bits per heavy atom. The van der Waals surface area contributed by atoms with E-state index in [1.165, 1.54) is 0 Å². The quantitative estimate of drug-likeness (QED) is 0.795. The first-order chi connectivity index (χ1) is 7.38. The van der Waals surface area contributed by atoms with Gasteiger partial charge in [0.15, 0.2) is 0 Å². The molecule has 0 heterocycles. The first kappa shape index (κ1) is 13.8. The van der Waals surface area contributed by atoms with Gasteiger partial charge in [-0.15, -0.1) is 0 Å². The third-order valence-corrected chi connectivity index (χ3v) is 4.04. The summed E-state index contributed by atoms with van der Waals surface area (Å²) in [6.07, 6.45) is -0.748. The van der Waals surface area contributed by atoms with Gasteiger partial charge in [0, 0.05) is 6.04 Å². The molecule has 4 unspecified atom stereocenters. The number of hydrogen-bond acceptors (Lipinski definition) is 1. The highest BCUT2D eigenvalue weighted by Gasteiger charge is 2.47. The Hall–Kier alpha value is -0.250. The van der Waals surface area contributed by atoms with Crippen LogP contribution in [0, 0.1) is 17.8 Å². The summed E-state index contributed by atoms with van der Waals surface area (Å²) in [6, 6.07) is -0.308. The minimum Gasteiger partial charge on any atom is -0.327 e. The molecule has 0 aliphatic heterocycles. The Balaban J connectivity index is 2.74. The van der Waals surface area contributed by atoms with E-state index in [9.17, 15) is 13.2 Å². The van der Waals surface area contributed by atoms with Gasteiger partial charge in [0.05, 0.1) is 5.92 Å². The molecule has 1 fully saturated rings. The fraction of sp³-hybridized carbons (Fsp3) is 1.00. The first-order valence-electron chi connectivity index (χ1n) is 6.20. The molecule has 0 aromatic carbocycles. The van der Waals surface area contributed by atoms with Crippen LogP contribution < -0.4 is 5.73 Å². The Morgan fingerprint density at radius 2 is 1.81 bits per heavy atom. The summed E-state index contributed by atoms with van der Waals surface area (Å²) in [4.78, 5) is 0. The Labute approximate surface area is 95.6 Å². The van der Waals surface area contributed by atoms with Gasteiger partial charge >= 0.3 is 6.18 Å². The molecule has 0 amide bonds. The topological polar surface area (TPSA) is 26.0 Å². The van der Waals surface area contributed by atoms with E-state index >= 15 is 0 Å². The van der Waals surface area contributed by atoms with E-state index < -0.39 is 12.1 Å². The molecule has 0 aromatic rings. The molecule has 4 heteroatoms. The minimum atomic E-state index is -4.07. The molecule has 1 aliphatic rings. The molecule has 96 valence electrons. The molecule has 2 N–H and O–H groups in total. The third-order valence-electron chi connectivity index (χ3n) is 4.04. The predicted octanol–water partition coefficient (Wildman–Crippen LogP) is 3.73. The van der Waals surface area contributed by atoms with E-state index in [2.05, 4.69) is 0 Å². The highest BCUT2D eigenvalue weighted by Crippen LogP contribution is 2.43. The van der Waals surface area contributed by atoms with Crippen LogP contribution in [-0.2, 0) is 0 Å². The molecule has 4 atom stereocenters. The van der Waals surface area contributed by atoms with Crippen molar-refractivity contribution in [2.45, 2.75) is 58.2 Å². The molecule has 0 saturated heterocycles. The number of hydrogen-bond donors (Lipinski definition) is 1. The van der Waals surface area contributed by atoms with Crippen molar-refractivity contribution in [3.8, 4) is 0 Å². The maximum absolute atomic E-state index is 12.9. The van der Waals surface area contributed by atoms with Crippen LogP contribution in [0.15, 0.2) is 0 Å². The van der Waals surface area contributed by atoms with Crippen LogP contribution in [-0.4, -0.2) is 12.2 Å². The first-order valence-corrected chi connectivity index (χ1v) is 6.20. The van der Waals surface area contributed by atoms with Crippen molar-refractivity contribution in [1.29, 1.82) is 0 Å². The molecular weight excluding hydrogens is 215 g/mol. The maximum Gasteiger partial charge on any atom is 0.392 e. The van der Waals surface area contributed by atoms with Crippen molar-refractivity contribution in [3.63, 3.8) is 0 Å². The van der Waals surface area contributed by atoms with Crippen LogP contribution >= 0.6 is 0 Å². The second-order valence-electron chi connectivity index (χ2n) is 5.06. The van der Waals surface area contributed by atoms with Crippen molar-refractivity contribution in [3.05, 3.63) is 0 Å². The van der Waals surface area contributed by atoms with Gasteiger partial charge < -0.3 is 5.73 Å². The van der Waals surface area contributed by atoms with Gasteiger partial charge in [-0.3, -0.25) is 0 Å². The predicted molar refractivity (Wildman–Crippen MR) is 58.9 cm³/mol. The Morgan fingerprint density at radius 3 is 2.31 bits per heavy atom. The van der Waals surface area contributed by atoms with Crippen molar-refractivity contribution < 1.29 is 13.2 Å². The van der Waals surface area contributed by atoms with E-state index in [4.69, 9.17) is 5.73 Å². The second-order valence-corrected chi connectivity index (χ2v) is 5.06. The molecule has 0 spiro atoms. The zero-order valence-electron chi connectivity index (χ0n) is 10.1. The highest BCUT2D eigenvalue weighted by molar-refractivity contribution is 4.88. The molecule has 0 radical (unpaired) electrons. The fourth-order valence-electron chi connectivity index (χ4n) is 2.72. The molecular formula is C12H22F3N. The van der Waals surface area contributed by atoms with Crippen LogP contribution in [0.3, 0.4) is 0 Å². The van der Waals surface area contributed by atoms with Crippen molar-refractivity contribution >= 4 is 0 Å². The van der Waals surface area contributed by atoms with Crippen LogP contribution in [0.25, 0.3) is 0 Å². The Kier molecular flexibility index (Phi) is 4.65. The lowest BCUT2D eigenvalue weighted by molar-refractivity contribution is -0.199. The van der Waals surface area contributed by atoms with E-state index in [1.54, 1.807) is 0 Å². The summed E-state index contributed by atoms with van der Waals surface area (Å²) in [5.41, 5.74) is 5.99. The smallest absolute Gasteiger partial charge is 0.327 e. The average molecular weight is 237 g/mol. The lowest BCUT2D eigenvalue weighted by Gasteiger charge is -2.38. The normalized spacial score (nSPS) is 31.1. The summed E-state index contributed by atoms with van der Waals surface area (Å²) in [5.74, 6) is -1.37. The van der Waals surface area contributed by atoms with Gasteiger partial charge in [0.2, 0.25) is 0 Å². The summed E-state index contributed by atoms with van der Waals surface area (Å²) in [7, 11) is 0. The van der Waals surface area contributed by atoms with Gasteiger partial charge in [-0.25, -0.2) is 0 Å². The monoisotopic (exact) mass is 237 g/mol. The SMILES string of the molecule is CCC(C)C(N)C1CCCCC1C(F)(F)F. The zero-order chi connectivity index (χ0) is 12.3. The molecule has 0 aromatic heterocycles. The summed E-state index contributed by atoms with van der Waals surface area (Å²) >= 11 is 0. The van der Waals surface area contributed by atoms with E-state index in [0.717, 1.165) is 12.8 Å². The van der Waals surface area contributed by atoms with Gasteiger partial charge in [-0.05, 0) is 24.7 Å². The average Bonchev–Trinajstić information content (AvgIpc) is 2.26. The zero-order valence-corrected chi connectivity index (χ0v) is 10.1. The standard InChI is InChI=1S/C12H22F3N/c1-3-8(2)11(16)9-6-4-5-7-10(9)12(13,14)15/h8-11H,3-7,16H2,1-2H3. The van der Waals surface area contributed by atoms with E-state index in [1.807, 2.05) is 13.8 Å². The van der Waals surface area contributed by atoms with Crippen molar-refractivity contribution in [2.75, 3.05) is 0 Å². The van der Waals surface area contributed by atoms with Gasteiger partial charge in [-0.2, -0.15) is 13.2 Å². The lowest BCUT2D eigenvalue weighted by atomic mass is 9.71. The summed E-state index contributed by atoms with van der Waals surface area (Å²) in [5, 5.41) is 0. The van der Waals surface area contributed by atoms with Crippen molar-refractivity contribution in [1.82, 2.24) is 0 Å². The molecule has 1 nitrogen and oxygen atoms in total. The van der Waals surface area contributed by atoms with Gasteiger partial charge in [0.25, 0.3) is 0 Å². The maximum atomic E-state index is 12.9. The molecule has 1 rings (SSSR count). The number of rotatable bonds is 3. The lowest BCUT2D eigenvalue weighted by Crippen LogP contribution is -2.46. The minimum absolute atomic E-state index is 0.174. The van der Waals surface area contributed by atoms with Crippen LogP contribution in [0.1, 0.15) is 46.0 Å². The van der Waals surface area contributed by atoms with Gasteiger partial charge in [-0.1, -0.05) is 33.1 Å². The van der Waals surface area contributed by atoms with Crippen LogP contribution in [0.2, 0.25) is 0 Å². The van der Waals surface area contributed by atoms with Crippen molar-refractivity contribution in [2.24, 2.45) is 23.5 Å².